The summed E-state index contributed by atoms with van der Waals surface area (Å²) in [6, 6.07) is 16.3. The molecule has 14 nitrogen and oxygen atoms in total. The zero-order chi connectivity index (χ0) is 34.4. The predicted molar refractivity (Wildman–Crippen MR) is 165 cm³/mol. The Hall–Kier alpha value is -5.99. The zero-order valence-electron chi connectivity index (χ0n) is 25.0. The molecule has 1 unspecified atom stereocenters. The molecular weight excluding hydrogens is 616 g/mol. The lowest BCUT2D eigenvalue weighted by molar-refractivity contribution is -0.385. The lowest BCUT2D eigenvalue weighted by atomic mass is 9.90. The number of nitro benzene ring substituents is 2. The minimum Gasteiger partial charge on any atom is -0.478 e. The monoisotopic (exact) mass is 644 g/mol. The highest BCUT2D eigenvalue weighted by Gasteiger charge is 2.27. The molecule has 1 atom stereocenters. The zero-order valence-corrected chi connectivity index (χ0v) is 25.0. The van der Waals surface area contributed by atoms with E-state index in [1.807, 2.05) is 19.9 Å². The number of hydrogen-bond donors (Lipinski definition) is 3. The van der Waals surface area contributed by atoms with Crippen LogP contribution in [0.4, 0.5) is 11.4 Å². The molecule has 0 saturated carbocycles. The number of ether oxygens (including phenoxy) is 1. The van der Waals surface area contributed by atoms with Crippen LogP contribution in [0.2, 0.25) is 0 Å². The number of benzene rings is 4. The maximum Gasteiger partial charge on any atom is 0.344 e. The van der Waals surface area contributed by atoms with Crippen LogP contribution in [-0.4, -0.2) is 43.2 Å². The van der Waals surface area contributed by atoms with Crippen molar-refractivity contribution in [2.24, 2.45) is 0 Å². The summed E-state index contributed by atoms with van der Waals surface area (Å²) in [5, 5.41) is 51.5. The fourth-order valence-corrected chi connectivity index (χ4v) is 5.20. The molecule has 0 aromatic heterocycles. The van der Waals surface area contributed by atoms with Crippen molar-refractivity contribution >= 4 is 29.3 Å². The molecule has 47 heavy (non-hydrogen) atoms. The normalized spacial score (nSPS) is 11.5. The quantitative estimate of drug-likeness (QED) is 0.0473. The van der Waals surface area contributed by atoms with Crippen molar-refractivity contribution in [3.8, 4) is 5.75 Å². The molecule has 4 aromatic rings. The van der Waals surface area contributed by atoms with Gasteiger partial charge >= 0.3 is 17.9 Å². The van der Waals surface area contributed by atoms with E-state index in [-0.39, 0.29) is 22.6 Å². The van der Waals surface area contributed by atoms with Crippen LogP contribution in [0.5, 0.6) is 5.75 Å². The van der Waals surface area contributed by atoms with Gasteiger partial charge in [-0.3, -0.25) is 25.5 Å². The predicted octanol–water partition coefficient (Wildman–Crippen LogP) is 6.41. The number of non-ortho nitro benzene ring substituents is 2. The van der Waals surface area contributed by atoms with Crippen molar-refractivity contribution in [3.63, 3.8) is 0 Å². The summed E-state index contributed by atoms with van der Waals surface area (Å²) in [7, 11) is 0. The van der Waals surface area contributed by atoms with E-state index in [0.29, 0.717) is 36.0 Å². The van der Waals surface area contributed by atoms with Gasteiger partial charge in [0, 0.05) is 29.8 Å². The van der Waals surface area contributed by atoms with Crippen molar-refractivity contribution in [1.82, 2.24) is 0 Å². The summed E-state index contributed by atoms with van der Waals surface area (Å²) in [5.41, 5.74) is 1.29. The number of nitro groups is 2. The minimum absolute atomic E-state index is 0.0880. The number of carboxylic acids is 2. The lowest BCUT2D eigenvalue weighted by Crippen LogP contribution is -2.15. The third-order valence-electron chi connectivity index (χ3n) is 7.52. The second kappa shape index (κ2) is 14.4. The van der Waals surface area contributed by atoms with Gasteiger partial charge in [-0.25, -0.2) is 19.3 Å². The van der Waals surface area contributed by atoms with Gasteiger partial charge in [0.05, 0.1) is 26.5 Å². The van der Waals surface area contributed by atoms with Crippen molar-refractivity contribution < 1.29 is 49.3 Å². The number of hydrogen-bond acceptors (Lipinski definition) is 10. The number of aromatic carboxylic acids is 2. The number of aryl methyl sites for hydroxylation is 2. The number of nitrogens with zero attached hydrogens (tertiary/aromatic N) is 2. The van der Waals surface area contributed by atoms with Crippen LogP contribution >= 0.6 is 0 Å². The Morgan fingerprint density at radius 1 is 0.702 bits per heavy atom. The molecule has 4 aromatic carbocycles. The van der Waals surface area contributed by atoms with Crippen LogP contribution in [0.3, 0.4) is 0 Å². The molecule has 0 heterocycles. The molecule has 0 saturated heterocycles. The summed E-state index contributed by atoms with van der Waals surface area (Å²) in [4.78, 5) is 62.3. The third kappa shape index (κ3) is 7.46. The van der Waals surface area contributed by atoms with Crippen LogP contribution in [0.1, 0.15) is 84.4 Å². The summed E-state index contributed by atoms with van der Waals surface area (Å²) in [5.74, 6) is -3.70. The van der Waals surface area contributed by atoms with Crippen LogP contribution in [0.15, 0.2) is 72.8 Å². The second-order valence-corrected chi connectivity index (χ2v) is 10.4. The third-order valence-corrected chi connectivity index (χ3v) is 7.52. The molecule has 0 spiro atoms. The van der Waals surface area contributed by atoms with Gasteiger partial charge in [0.25, 0.3) is 11.4 Å². The van der Waals surface area contributed by atoms with E-state index in [4.69, 9.17) is 9.62 Å². The smallest absolute Gasteiger partial charge is 0.344 e. The molecule has 14 heteroatoms. The van der Waals surface area contributed by atoms with Gasteiger partial charge in [0.15, 0.2) is 0 Å². The molecule has 0 bridgehead atoms. The lowest BCUT2D eigenvalue weighted by Gasteiger charge is -2.20. The Bertz CT molecular complexity index is 1900. The first-order chi connectivity index (χ1) is 22.4. The largest absolute Gasteiger partial charge is 0.478 e. The van der Waals surface area contributed by atoms with Crippen molar-refractivity contribution in [3.05, 3.63) is 143 Å². The maximum atomic E-state index is 13.0. The SMILES string of the molecule is CCc1cc(Cc2ccc(C(OO)c3cc([N+](=O)[O-])ccc3C(=O)O)c(CC)c2)ccc1OC(=O)c1cc([N+](=O)[O-])ccc1C(=O)O. The van der Waals surface area contributed by atoms with Crippen LogP contribution in [0, 0.1) is 20.2 Å². The molecule has 0 aliphatic rings. The number of carbonyl (C=O) groups is 3. The molecule has 242 valence electrons. The first-order valence-electron chi connectivity index (χ1n) is 14.2. The average molecular weight is 645 g/mol. The molecule has 0 amide bonds. The standard InChI is InChI=1S/C33H28N2O12/c1-3-20-14-18(5-9-24(20)30(47-45)27-16-22(34(41)42)7-10-25(27)31(36)37)13-19-6-12-29(21(4-2)15-19)46-33(40)28-17-23(35(43)44)8-11-26(28)32(38)39/h5-12,14-17,30,45H,3-4,13H2,1-2H3,(H,36,37)(H,38,39). The highest BCUT2D eigenvalue weighted by atomic mass is 17.1. The Morgan fingerprint density at radius 3 is 1.81 bits per heavy atom. The topological polar surface area (TPSA) is 217 Å². The van der Waals surface area contributed by atoms with Gasteiger partial charge in [-0.2, -0.15) is 0 Å². The maximum absolute atomic E-state index is 13.0. The van der Waals surface area contributed by atoms with E-state index < -0.39 is 50.7 Å². The second-order valence-electron chi connectivity index (χ2n) is 10.4. The van der Waals surface area contributed by atoms with E-state index in [9.17, 15) is 50.1 Å². The van der Waals surface area contributed by atoms with Gasteiger partial charge in [0.2, 0.25) is 0 Å². The van der Waals surface area contributed by atoms with Gasteiger partial charge in [-0.05, 0) is 65.3 Å². The van der Waals surface area contributed by atoms with Crippen molar-refractivity contribution in [2.45, 2.75) is 39.2 Å². The molecule has 4 rings (SSSR count). The molecule has 0 aliphatic heterocycles. The highest BCUT2D eigenvalue weighted by molar-refractivity contribution is 6.03. The van der Waals surface area contributed by atoms with E-state index in [0.717, 1.165) is 47.5 Å². The average Bonchev–Trinajstić information content (AvgIpc) is 3.05. The first kappa shape index (κ1) is 33.9. The van der Waals surface area contributed by atoms with E-state index in [2.05, 4.69) is 0 Å². The molecule has 0 fully saturated rings. The van der Waals surface area contributed by atoms with Crippen molar-refractivity contribution in [1.29, 1.82) is 0 Å². The van der Waals surface area contributed by atoms with E-state index in [1.54, 1.807) is 30.3 Å². The number of carbonyl (C=O) groups excluding carboxylic acids is 1. The van der Waals surface area contributed by atoms with Gasteiger partial charge < -0.3 is 14.9 Å². The van der Waals surface area contributed by atoms with Crippen LogP contribution < -0.4 is 4.74 Å². The fraction of sp³-hybridized carbons (Fsp3) is 0.182. The fourth-order valence-electron chi connectivity index (χ4n) is 5.20. The number of carboxylic acid groups (broad SMARTS) is 2. The Balaban J connectivity index is 1.62. The Kier molecular flexibility index (Phi) is 10.4. The minimum atomic E-state index is -1.44. The summed E-state index contributed by atoms with van der Waals surface area (Å²) < 4.78 is 5.49. The van der Waals surface area contributed by atoms with Gasteiger partial charge in [-0.15, -0.1) is 0 Å². The van der Waals surface area contributed by atoms with Crippen LogP contribution in [-0.2, 0) is 24.2 Å². The summed E-state index contributed by atoms with van der Waals surface area (Å²) >= 11 is 0. The number of esters is 1. The van der Waals surface area contributed by atoms with Gasteiger partial charge in [-0.1, -0.05) is 44.2 Å². The van der Waals surface area contributed by atoms with E-state index >= 15 is 0 Å². The number of rotatable bonds is 13. The highest BCUT2D eigenvalue weighted by Crippen LogP contribution is 2.34. The molecule has 3 N–H and O–H groups in total. The summed E-state index contributed by atoms with van der Waals surface area (Å²) in [6.45, 7) is 3.67. The first-order valence-corrected chi connectivity index (χ1v) is 14.2. The van der Waals surface area contributed by atoms with Crippen molar-refractivity contribution in [2.75, 3.05) is 0 Å². The summed E-state index contributed by atoms with van der Waals surface area (Å²) in [6.07, 6.45) is -0.0325. The van der Waals surface area contributed by atoms with Gasteiger partial charge in [0.1, 0.15) is 11.9 Å². The Morgan fingerprint density at radius 2 is 1.26 bits per heavy atom. The molecule has 0 radical (unpaired) electrons. The Labute approximate surface area is 266 Å². The van der Waals surface area contributed by atoms with E-state index in [1.165, 1.54) is 0 Å². The molecule has 0 aliphatic carbocycles. The van der Waals surface area contributed by atoms with Crippen LogP contribution in [0.25, 0.3) is 0 Å². The molecular formula is C33H28N2O12.